The summed E-state index contributed by atoms with van der Waals surface area (Å²) in [6.07, 6.45) is 1.33. The molecule has 0 radical (unpaired) electrons. The summed E-state index contributed by atoms with van der Waals surface area (Å²) in [6.45, 7) is -0.254. The number of hydrogen-bond acceptors (Lipinski definition) is 7. The average Bonchev–Trinajstić information content (AvgIpc) is 3.02. The molecule has 5 rings (SSSR count). The number of nitrogens with zero attached hydrogens (tertiary/aromatic N) is 1. The number of fused-ring (bicyclic) bond motifs is 1. The second-order valence-corrected chi connectivity index (χ2v) is 8.77. The number of carbonyl (C=O) groups excluding carboxylic acids is 3. The Hall–Kier alpha value is -5.76. The number of benzene rings is 5. The molecule has 0 spiro atoms. The van der Waals surface area contributed by atoms with Gasteiger partial charge in [0.1, 0.15) is 17.2 Å². The van der Waals surface area contributed by atoms with Crippen LogP contribution in [0.2, 0.25) is 0 Å². The fraction of sp³-hybridized carbons (Fsp3) is 0.0303. The van der Waals surface area contributed by atoms with Crippen LogP contribution in [0.5, 0.6) is 17.2 Å². The van der Waals surface area contributed by atoms with Gasteiger partial charge in [-0.2, -0.15) is 5.10 Å². The van der Waals surface area contributed by atoms with Gasteiger partial charge in [0.25, 0.3) is 5.91 Å². The van der Waals surface area contributed by atoms with E-state index in [1.54, 1.807) is 72.8 Å². The van der Waals surface area contributed by atoms with Crippen molar-refractivity contribution < 1.29 is 28.6 Å². The molecule has 0 saturated heterocycles. The Labute approximate surface area is 235 Å². The van der Waals surface area contributed by atoms with Gasteiger partial charge in [0, 0.05) is 17.0 Å². The maximum Gasteiger partial charge on any atom is 0.343 e. The van der Waals surface area contributed by atoms with Crippen LogP contribution >= 0.6 is 0 Å². The third-order valence-corrected chi connectivity index (χ3v) is 5.92. The lowest BCUT2D eigenvalue weighted by molar-refractivity contribution is -0.123. The molecular formula is C33H24N2O6. The van der Waals surface area contributed by atoms with Crippen molar-refractivity contribution in [2.75, 3.05) is 6.61 Å². The molecule has 5 aromatic rings. The summed E-state index contributed by atoms with van der Waals surface area (Å²) >= 11 is 0. The second kappa shape index (κ2) is 12.9. The molecular weight excluding hydrogens is 520 g/mol. The Morgan fingerprint density at radius 3 is 2.02 bits per heavy atom. The van der Waals surface area contributed by atoms with Gasteiger partial charge in [-0.25, -0.2) is 15.0 Å². The quantitative estimate of drug-likeness (QED) is 0.109. The lowest BCUT2D eigenvalue weighted by Gasteiger charge is -2.11. The van der Waals surface area contributed by atoms with Gasteiger partial charge in [0.15, 0.2) is 6.61 Å². The minimum absolute atomic E-state index is 0.0854. The minimum Gasteiger partial charge on any atom is -0.483 e. The molecule has 0 bridgehead atoms. The molecule has 1 amide bonds. The zero-order chi connectivity index (χ0) is 28.4. The van der Waals surface area contributed by atoms with Gasteiger partial charge in [-0.3, -0.25) is 4.79 Å². The number of hydrazone groups is 1. The topological polar surface area (TPSA) is 103 Å². The molecule has 41 heavy (non-hydrogen) atoms. The highest BCUT2D eigenvalue weighted by Gasteiger charge is 2.15. The van der Waals surface area contributed by atoms with Crippen LogP contribution in [0.3, 0.4) is 0 Å². The first-order valence-electron chi connectivity index (χ1n) is 12.7. The van der Waals surface area contributed by atoms with Crippen molar-refractivity contribution in [1.29, 1.82) is 0 Å². The fourth-order valence-corrected chi connectivity index (χ4v) is 3.92. The van der Waals surface area contributed by atoms with E-state index in [4.69, 9.17) is 14.2 Å². The van der Waals surface area contributed by atoms with Crippen LogP contribution < -0.4 is 19.6 Å². The average molecular weight is 545 g/mol. The number of ether oxygens (including phenoxy) is 3. The van der Waals surface area contributed by atoms with Crippen LogP contribution in [0.15, 0.2) is 126 Å². The predicted octanol–water partition coefficient (Wildman–Crippen LogP) is 5.81. The van der Waals surface area contributed by atoms with Gasteiger partial charge >= 0.3 is 11.9 Å². The Morgan fingerprint density at radius 2 is 1.29 bits per heavy atom. The number of rotatable bonds is 9. The molecule has 202 valence electrons. The first-order valence-corrected chi connectivity index (χ1v) is 12.7. The molecule has 0 aliphatic carbocycles. The molecule has 8 heteroatoms. The molecule has 0 aliphatic rings. The number of esters is 2. The molecule has 0 atom stereocenters. The third kappa shape index (κ3) is 7.01. The lowest BCUT2D eigenvalue weighted by Crippen LogP contribution is -2.24. The van der Waals surface area contributed by atoms with Gasteiger partial charge in [-0.15, -0.1) is 0 Å². The van der Waals surface area contributed by atoms with Crippen molar-refractivity contribution in [3.8, 4) is 17.2 Å². The Balaban J connectivity index is 1.28. The number of nitrogens with one attached hydrogen (secondary N) is 1. The highest BCUT2D eigenvalue weighted by molar-refractivity contribution is 5.94. The molecule has 0 aliphatic heterocycles. The van der Waals surface area contributed by atoms with Crippen molar-refractivity contribution in [1.82, 2.24) is 5.43 Å². The van der Waals surface area contributed by atoms with Crippen LogP contribution in [0.1, 0.15) is 26.3 Å². The second-order valence-electron chi connectivity index (χ2n) is 8.77. The molecule has 0 heterocycles. The molecule has 5 aromatic carbocycles. The van der Waals surface area contributed by atoms with Crippen LogP contribution in [0, 0.1) is 0 Å². The van der Waals surface area contributed by atoms with Crippen molar-refractivity contribution >= 4 is 34.8 Å². The standard InChI is InChI=1S/C33H24N2O6/c36-31(22-39-29-17-9-15-23-10-7-8-16-28(23)29)35-34-21-26-18-19-27(40-32(37)24-11-3-1-4-12-24)20-30(26)41-33(38)25-13-5-2-6-14-25/h1-21H,22H2,(H,35,36). The van der Waals surface area contributed by atoms with Crippen LogP contribution in [-0.2, 0) is 4.79 Å². The van der Waals surface area contributed by atoms with Crippen LogP contribution in [-0.4, -0.2) is 30.7 Å². The summed E-state index contributed by atoms with van der Waals surface area (Å²) < 4.78 is 16.8. The lowest BCUT2D eigenvalue weighted by atomic mass is 10.1. The highest BCUT2D eigenvalue weighted by atomic mass is 16.5. The molecule has 8 nitrogen and oxygen atoms in total. The minimum atomic E-state index is -0.612. The van der Waals surface area contributed by atoms with E-state index in [-0.39, 0.29) is 18.1 Å². The Bertz CT molecular complexity index is 1710. The summed E-state index contributed by atoms with van der Waals surface area (Å²) in [6, 6.07) is 34.8. The number of carbonyl (C=O) groups is 3. The summed E-state index contributed by atoms with van der Waals surface area (Å²) in [4.78, 5) is 37.7. The first-order chi connectivity index (χ1) is 20.1. The van der Waals surface area contributed by atoms with Gasteiger partial charge < -0.3 is 14.2 Å². The summed E-state index contributed by atoms with van der Waals surface area (Å²) in [5.41, 5.74) is 3.48. The normalized spacial score (nSPS) is 10.7. The monoisotopic (exact) mass is 544 g/mol. The van der Waals surface area contributed by atoms with E-state index in [0.717, 1.165) is 10.8 Å². The summed E-state index contributed by atoms with van der Waals surface area (Å²) in [5, 5.41) is 5.88. The van der Waals surface area contributed by atoms with Crippen molar-refractivity contribution in [3.05, 3.63) is 138 Å². The van der Waals surface area contributed by atoms with Crippen molar-refractivity contribution in [2.24, 2.45) is 5.10 Å². The number of hydrogen-bond donors (Lipinski definition) is 1. The van der Waals surface area contributed by atoms with Crippen LogP contribution in [0.25, 0.3) is 10.8 Å². The van der Waals surface area contributed by atoms with E-state index >= 15 is 0 Å². The van der Waals surface area contributed by atoms with E-state index in [1.165, 1.54) is 18.3 Å². The summed E-state index contributed by atoms with van der Waals surface area (Å²) in [7, 11) is 0. The fourth-order valence-electron chi connectivity index (χ4n) is 3.92. The molecule has 1 N–H and O–H groups in total. The number of amides is 1. The zero-order valence-electron chi connectivity index (χ0n) is 21.7. The Morgan fingerprint density at radius 1 is 0.659 bits per heavy atom. The van der Waals surface area contributed by atoms with Crippen molar-refractivity contribution in [2.45, 2.75) is 0 Å². The maximum absolute atomic E-state index is 12.8. The zero-order valence-corrected chi connectivity index (χ0v) is 21.7. The van der Waals surface area contributed by atoms with Crippen molar-refractivity contribution in [3.63, 3.8) is 0 Å². The van der Waals surface area contributed by atoms with E-state index < -0.39 is 17.8 Å². The van der Waals surface area contributed by atoms with Gasteiger partial charge in [0.2, 0.25) is 0 Å². The van der Waals surface area contributed by atoms with Gasteiger partial charge in [-0.05, 0) is 47.9 Å². The van der Waals surface area contributed by atoms with E-state index in [9.17, 15) is 14.4 Å². The smallest absolute Gasteiger partial charge is 0.343 e. The summed E-state index contributed by atoms with van der Waals surface area (Å²) in [5.74, 6) is -0.824. The van der Waals surface area contributed by atoms with E-state index in [1.807, 2.05) is 36.4 Å². The molecule has 0 unspecified atom stereocenters. The molecule has 0 fully saturated rings. The highest BCUT2D eigenvalue weighted by Crippen LogP contribution is 2.26. The van der Waals surface area contributed by atoms with Crippen LogP contribution in [0.4, 0.5) is 0 Å². The van der Waals surface area contributed by atoms with E-state index in [2.05, 4.69) is 10.5 Å². The Kier molecular flexibility index (Phi) is 8.42. The largest absolute Gasteiger partial charge is 0.483 e. The molecule has 0 saturated carbocycles. The predicted molar refractivity (Wildman–Crippen MR) is 154 cm³/mol. The first kappa shape index (κ1) is 26.8. The van der Waals surface area contributed by atoms with Gasteiger partial charge in [-0.1, -0.05) is 72.8 Å². The molecule has 0 aromatic heterocycles. The van der Waals surface area contributed by atoms with E-state index in [0.29, 0.717) is 22.4 Å². The maximum atomic E-state index is 12.8. The van der Waals surface area contributed by atoms with Gasteiger partial charge in [0.05, 0.1) is 17.3 Å². The third-order valence-electron chi connectivity index (χ3n) is 5.92. The SMILES string of the molecule is O=C(COc1cccc2ccccc12)NN=Cc1ccc(OC(=O)c2ccccc2)cc1OC(=O)c1ccccc1.